The van der Waals surface area contributed by atoms with Crippen LogP contribution in [0, 0.1) is 6.92 Å². The Kier molecular flexibility index (Phi) is 12.1. The third-order valence-electron chi connectivity index (χ3n) is 5.67. The first kappa shape index (κ1) is 29.5. The average Bonchev–Trinajstić information content (AvgIpc) is 2.87. The van der Waals surface area contributed by atoms with Gasteiger partial charge in [0.25, 0.3) is 5.91 Å². The molecule has 0 aliphatic carbocycles. The summed E-state index contributed by atoms with van der Waals surface area (Å²) in [7, 11) is 1.63. The maximum Gasteiger partial charge on any atom is 1.00 e. The number of carboxylic acids is 1. The molecule has 0 aromatic heterocycles. The maximum absolute atomic E-state index is 13.2. The smallest absolute Gasteiger partial charge is 1.00 e. The average molecular weight is 502 g/mol. The number of hydrogen-bond donors (Lipinski definition) is 2. The van der Waals surface area contributed by atoms with E-state index < -0.39 is 17.9 Å². The van der Waals surface area contributed by atoms with Crippen molar-refractivity contribution in [1.82, 2.24) is 5.32 Å². The van der Waals surface area contributed by atoms with Crippen LogP contribution in [0.2, 0.25) is 0 Å². The predicted molar refractivity (Wildman–Crippen MR) is 141 cm³/mol. The molecule has 0 aliphatic heterocycles. The second-order valence-electron chi connectivity index (χ2n) is 8.18. The number of carboxylic acid groups (broad SMARTS) is 1. The Bertz CT molecular complexity index is 1160. The van der Waals surface area contributed by atoms with Crippen molar-refractivity contribution in [2.24, 2.45) is 0 Å². The molecule has 1 amide bonds. The van der Waals surface area contributed by atoms with Crippen molar-refractivity contribution >= 4 is 23.6 Å². The molecule has 0 saturated carbocycles. The van der Waals surface area contributed by atoms with Crippen LogP contribution in [0.15, 0.2) is 66.7 Å². The molecule has 3 aromatic rings. The van der Waals surface area contributed by atoms with Crippen LogP contribution in [0.1, 0.15) is 34.9 Å². The predicted octanol–water partition coefficient (Wildman–Crippen LogP) is 2.44. The first-order chi connectivity index (χ1) is 16.9. The molecular weight excluding hydrogens is 469 g/mol. The molecule has 0 radical (unpaired) electrons. The minimum absolute atomic E-state index is 0. The summed E-state index contributed by atoms with van der Waals surface area (Å²) in [5.41, 5.74) is 5.09. The van der Waals surface area contributed by atoms with Gasteiger partial charge in [0.05, 0.1) is 20.3 Å². The third-order valence-corrected chi connectivity index (χ3v) is 6.32. The molecule has 186 valence electrons. The molecule has 3 rings (SSSR count). The quantitative estimate of drug-likeness (QED) is 0.371. The largest absolute Gasteiger partial charge is 1.00 e. The van der Waals surface area contributed by atoms with Crippen LogP contribution < -0.4 is 28.9 Å². The van der Waals surface area contributed by atoms with Crippen molar-refractivity contribution in [3.05, 3.63) is 89.0 Å². The zero-order chi connectivity index (χ0) is 25.2. The number of rotatable bonds is 12. The molecule has 0 spiro atoms. The summed E-state index contributed by atoms with van der Waals surface area (Å²) in [6, 6.07) is 20.1. The van der Waals surface area contributed by atoms with Crippen LogP contribution in [0.4, 0.5) is 0 Å². The molecule has 0 heterocycles. The van der Waals surface area contributed by atoms with E-state index in [4.69, 9.17) is 9.47 Å². The van der Waals surface area contributed by atoms with Crippen molar-refractivity contribution in [2.75, 3.05) is 19.1 Å². The number of nitrogens with one attached hydrogen (secondary N) is 1. The van der Waals surface area contributed by atoms with Gasteiger partial charge in [0.1, 0.15) is 11.8 Å². The third kappa shape index (κ3) is 8.18. The molecule has 0 aliphatic rings. The van der Waals surface area contributed by atoms with Gasteiger partial charge in [-0.15, -0.1) is 0 Å². The number of carbonyl (C=O) groups excluding carboxylic acids is 1. The molecule has 0 fully saturated rings. The van der Waals surface area contributed by atoms with E-state index in [0.717, 1.165) is 33.6 Å². The van der Waals surface area contributed by atoms with Gasteiger partial charge < -0.3 is 21.3 Å². The van der Waals surface area contributed by atoms with E-state index in [1.165, 1.54) is 0 Å². The molecule has 0 bridgehead atoms. The summed E-state index contributed by atoms with van der Waals surface area (Å²) in [5, 5.41) is 12.2. The SMILES string of the molecule is COc1ccc(COCc2ccc(C(=O)NC(CCSC)C(=O)O)c(-c3ccccc3C)c2)cc1.[H-].[Li+]. The number of methoxy groups -OCH3 is 1. The van der Waals surface area contributed by atoms with E-state index in [0.29, 0.717) is 31.0 Å². The summed E-state index contributed by atoms with van der Waals surface area (Å²) in [6.45, 7) is 2.81. The van der Waals surface area contributed by atoms with Crippen LogP contribution in [-0.4, -0.2) is 42.1 Å². The number of aliphatic carboxylic acids is 1. The zero-order valence-corrected chi connectivity index (χ0v) is 22.1. The second kappa shape index (κ2) is 14.8. The number of hydrogen-bond acceptors (Lipinski definition) is 5. The summed E-state index contributed by atoms with van der Waals surface area (Å²) < 4.78 is 11.1. The van der Waals surface area contributed by atoms with Gasteiger partial charge in [-0.3, -0.25) is 4.79 Å². The summed E-state index contributed by atoms with van der Waals surface area (Å²) in [6.07, 6.45) is 2.27. The monoisotopic (exact) mass is 501 g/mol. The standard InChI is InChI=1S/C28H31NO5S.Li.H/c1-19-6-4-5-7-23(19)25-16-21(18-34-17-20-8-11-22(33-2)12-9-20)10-13-24(25)27(30)29-26(28(31)32)14-15-35-3;;/h4-13,16,26H,14-15,17-18H2,1-3H3,(H,29,30)(H,31,32);;/q;+1;-1. The van der Waals surface area contributed by atoms with Gasteiger partial charge in [0.15, 0.2) is 0 Å². The number of thioether (sulfide) groups is 1. The van der Waals surface area contributed by atoms with Gasteiger partial charge >= 0.3 is 24.8 Å². The van der Waals surface area contributed by atoms with E-state index >= 15 is 0 Å². The van der Waals surface area contributed by atoms with Crippen LogP contribution in [0.3, 0.4) is 0 Å². The number of aryl methyl sites for hydroxylation is 1. The molecule has 0 saturated heterocycles. The van der Waals surface area contributed by atoms with E-state index in [1.807, 2.05) is 73.8 Å². The van der Waals surface area contributed by atoms with E-state index in [2.05, 4.69) is 5.32 Å². The van der Waals surface area contributed by atoms with Crippen LogP contribution in [0.5, 0.6) is 5.75 Å². The zero-order valence-electron chi connectivity index (χ0n) is 22.2. The molecule has 8 heteroatoms. The molecule has 36 heavy (non-hydrogen) atoms. The molecule has 3 aromatic carbocycles. The van der Waals surface area contributed by atoms with Gasteiger partial charge in [0.2, 0.25) is 0 Å². The molecular formula is C28H32LiNO5S. The molecule has 6 nitrogen and oxygen atoms in total. The summed E-state index contributed by atoms with van der Waals surface area (Å²) in [4.78, 5) is 24.8. The van der Waals surface area contributed by atoms with Crippen molar-refractivity contribution in [3.8, 4) is 16.9 Å². The van der Waals surface area contributed by atoms with Gasteiger partial charge in [0, 0.05) is 5.56 Å². The topological polar surface area (TPSA) is 84.9 Å². The van der Waals surface area contributed by atoms with Crippen molar-refractivity contribution in [1.29, 1.82) is 0 Å². The van der Waals surface area contributed by atoms with Gasteiger partial charge in [-0.2, -0.15) is 11.8 Å². The van der Waals surface area contributed by atoms with Crippen molar-refractivity contribution in [3.63, 3.8) is 0 Å². The number of amides is 1. The Balaban J connectivity index is 0.00000342. The minimum Gasteiger partial charge on any atom is -1.00 e. The van der Waals surface area contributed by atoms with Gasteiger partial charge in [-0.05, 0) is 77.4 Å². The fourth-order valence-corrected chi connectivity index (χ4v) is 4.19. The summed E-state index contributed by atoms with van der Waals surface area (Å²) in [5.74, 6) is 0.00625. The fourth-order valence-electron chi connectivity index (χ4n) is 3.71. The van der Waals surface area contributed by atoms with E-state index in [1.54, 1.807) is 24.9 Å². The van der Waals surface area contributed by atoms with Crippen molar-refractivity contribution < 1.29 is 44.5 Å². The van der Waals surface area contributed by atoms with Crippen LogP contribution >= 0.6 is 11.8 Å². The normalized spacial score (nSPS) is 11.3. The van der Waals surface area contributed by atoms with Crippen molar-refractivity contribution in [2.45, 2.75) is 32.6 Å². The van der Waals surface area contributed by atoms with Gasteiger partial charge in [-0.25, -0.2) is 4.79 Å². The number of benzene rings is 3. The minimum atomic E-state index is -1.03. The Morgan fingerprint density at radius 2 is 1.67 bits per heavy atom. The second-order valence-corrected chi connectivity index (χ2v) is 9.17. The molecule has 1 unspecified atom stereocenters. The first-order valence-electron chi connectivity index (χ1n) is 11.3. The Morgan fingerprint density at radius 1 is 1.00 bits per heavy atom. The number of ether oxygens (including phenoxy) is 2. The van der Waals surface area contributed by atoms with Crippen LogP contribution in [0.25, 0.3) is 11.1 Å². The van der Waals surface area contributed by atoms with E-state index in [9.17, 15) is 14.7 Å². The van der Waals surface area contributed by atoms with Crippen LogP contribution in [-0.2, 0) is 22.7 Å². The Labute approximate surface area is 230 Å². The van der Waals surface area contributed by atoms with E-state index in [-0.39, 0.29) is 20.3 Å². The maximum atomic E-state index is 13.2. The first-order valence-corrected chi connectivity index (χ1v) is 12.7. The Hall–Kier alpha value is -2.69. The molecule has 2 N–H and O–H groups in total. The molecule has 1 atom stereocenters. The van der Waals surface area contributed by atoms with Gasteiger partial charge in [-0.1, -0.05) is 42.5 Å². The fraction of sp³-hybridized carbons (Fsp3) is 0.286. The summed E-state index contributed by atoms with van der Waals surface area (Å²) >= 11 is 1.55. The Morgan fingerprint density at radius 3 is 2.31 bits per heavy atom. The number of carbonyl (C=O) groups is 2.